The zero-order chi connectivity index (χ0) is 17.4. The van der Waals surface area contributed by atoms with E-state index in [0.29, 0.717) is 17.5 Å². The van der Waals surface area contributed by atoms with E-state index in [4.69, 9.17) is 16.1 Å². The van der Waals surface area contributed by atoms with E-state index in [9.17, 15) is 4.79 Å². The third-order valence-electron chi connectivity index (χ3n) is 5.06. The number of amides is 1. The molecule has 1 aliphatic heterocycles. The van der Waals surface area contributed by atoms with E-state index in [0.717, 1.165) is 43.3 Å². The number of hydrogen-bond acceptors (Lipinski definition) is 4. The van der Waals surface area contributed by atoms with Crippen LogP contribution in [0.15, 0.2) is 34.9 Å². The summed E-state index contributed by atoms with van der Waals surface area (Å²) in [7, 11) is 0. The van der Waals surface area contributed by atoms with Gasteiger partial charge in [-0.15, -0.1) is 0 Å². The minimum atomic E-state index is -0.138. The van der Waals surface area contributed by atoms with Gasteiger partial charge in [-0.05, 0) is 36.5 Å². The lowest BCUT2D eigenvalue weighted by Crippen LogP contribution is -2.39. The van der Waals surface area contributed by atoms with Crippen LogP contribution in [0.4, 0.5) is 0 Å². The third-order valence-corrected chi connectivity index (χ3v) is 5.32. The number of carbonyl (C=O) groups excluding carboxylic acids is 1. The summed E-state index contributed by atoms with van der Waals surface area (Å²) < 4.78 is 5.28. The van der Waals surface area contributed by atoms with E-state index in [-0.39, 0.29) is 11.9 Å². The van der Waals surface area contributed by atoms with Crippen LogP contribution in [0.5, 0.6) is 0 Å². The fraction of sp³-hybridized carbons (Fsp3) is 0.474. The number of likely N-dealkylation sites (tertiary alicyclic amines) is 1. The first-order chi connectivity index (χ1) is 12.1. The van der Waals surface area contributed by atoms with E-state index in [1.165, 1.54) is 5.56 Å². The van der Waals surface area contributed by atoms with Crippen molar-refractivity contribution in [2.75, 3.05) is 13.1 Å². The van der Waals surface area contributed by atoms with Crippen molar-refractivity contribution in [3.05, 3.63) is 52.4 Å². The van der Waals surface area contributed by atoms with Gasteiger partial charge in [0.2, 0.25) is 0 Å². The number of nitrogens with zero attached hydrogens (tertiary/aromatic N) is 2. The predicted octanol–water partition coefficient (Wildman–Crippen LogP) is 3.46. The molecule has 1 saturated heterocycles. The lowest BCUT2D eigenvalue weighted by molar-refractivity contribution is 0.0922. The number of carbonyl (C=O) groups is 1. The largest absolute Gasteiger partial charge is 0.360 e. The van der Waals surface area contributed by atoms with E-state index < -0.39 is 0 Å². The van der Waals surface area contributed by atoms with Crippen LogP contribution in [-0.4, -0.2) is 35.1 Å². The zero-order valence-electron chi connectivity index (χ0n) is 14.2. The molecule has 25 heavy (non-hydrogen) atoms. The molecule has 2 heterocycles. The maximum absolute atomic E-state index is 12.4. The van der Waals surface area contributed by atoms with Gasteiger partial charge in [-0.2, -0.15) is 0 Å². The van der Waals surface area contributed by atoms with Gasteiger partial charge in [0.05, 0.1) is 0 Å². The fourth-order valence-electron chi connectivity index (χ4n) is 3.43. The highest BCUT2D eigenvalue weighted by Gasteiger charge is 2.32. The lowest BCUT2D eigenvalue weighted by atomic mass is 10.1. The lowest BCUT2D eigenvalue weighted by Gasteiger charge is -2.16. The third kappa shape index (κ3) is 3.88. The molecule has 1 aromatic heterocycles. The number of aromatic nitrogens is 1. The van der Waals surface area contributed by atoms with E-state index in [2.05, 4.69) is 22.3 Å². The van der Waals surface area contributed by atoms with Crippen molar-refractivity contribution in [2.24, 2.45) is 5.92 Å². The van der Waals surface area contributed by atoms with Crippen molar-refractivity contribution in [3.8, 4) is 0 Å². The monoisotopic (exact) mass is 359 g/mol. The number of halogens is 1. The summed E-state index contributed by atoms with van der Waals surface area (Å²) in [5, 5.41) is 7.80. The van der Waals surface area contributed by atoms with Crippen molar-refractivity contribution in [1.82, 2.24) is 15.4 Å². The molecule has 4 rings (SSSR count). The molecule has 1 aromatic carbocycles. The van der Waals surface area contributed by atoms with Crippen LogP contribution in [-0.2, 0) is 6.54 Å². The molecule has 1 aliphatic carbocycles. The van der Waals surface area contributed by atoms with Gasteiger partial charge in [-0.1, -0.05) is 35.8 Å². The fourth-order valence-corrected chi connectivity index (χ4v) is 3.56. The summed E-state index contributed by atoms with van der Waals surface area (Å²) in [6.45, 7) is 4.83. The summed E-state index contributed by atoms with van der Waals surface area (Å²) >= 11 is 5.94. The molecule has 2 aromatic rings. The molecule has 0 spiro atoms. The van der Waals surface area contributed by atoms with E-state index >= 15 is 0 Å². The van der Waals surface area contributed by atoms with Crippen molar-refractivity contribution >= 4 is 17.5 Å². The minimum absolute atomic E-state index is 0.126. The van der Waals surface area contributed by atoms with Gasteiger partial charge in [0.25, 0.3) is 5.91 Å². The average molecular weight is 360 g/mol. The molecule has 0 unspecified atom stereocenters. The number of nitrogens with one attached hydrogen (secondary N) is 1. The van der Waals surface area contributed by atoms with Crippen LogP contribution in [0.3, 0.4) is 0 Å². The van der Waals surface area contributed by atoms with E-state index in [1.807, 2.05) is 24.3 Å². The summed E-state index contributed by atoms with van der Waals surface area (Å²) in [6, 6.07) is 9.84. The van der Waals surface area contributed by atoms with Gasteiger partial charge < -0.3 is 9.84 Å². The Labute approximate surface area is 152 Å². The molecule has 0 bridgehead atoms. The topological polar surface area (TPSA) is 58.4 Å². The first-order valence-electron chi connectivity index (χ1n) is 8.83. The standard InChI is InChI=1S/C19H22ClN3O2/c1-12-9-23(10-13-2-6-15(20)7-3-13)11-17(12)21-19(24)16-8-18(25-22-16)14-4-5-14/h2-3,6-8,12,14,17H,4-5,9-11H2,1H3,(H,21,24)/t12-,17+/m1/s1. The highest BCUT2D eigenvalue weighted by molar-refractivity contribution is 6.30. The van der Waals surface area contributed by atoms with Crippen molar-refractivity contribution < 1.29 is 9.32 Å². The van der Waals surface area contributed by atoms with Crippen molar-refractivity contribution in [2.45, 2.75) is 38.3 Å². The Hall–Kier alpha value is -1.85. The highest BCUT2D eigenvalue weighted by atomic mass is 35.5. The summed E-state index contributed by atoms with van der Waals surface area (Å²) in [5.41, 5.74) is 1.62. The number of benzene rings is 1. The van der Waals surface area contributed by atoms with Gasteiger partial charge in [0.1, 0.15) is 5.76 Å². The molecular weight excluding hydrogens is 338 g/mol. The first-order valence-corrected chi connectivity index (χ1v) is 9.20. The van der Waals surface area contributed by atoms with Crippen LogP contribution in [0.1, 0.15) is 47.5 Å². The number of hydrogen-bond donors (Lipinski definition) is 1. The van der Waals surface area contributed by atoms with Crippen molar-refractivity contribution in [1.29, 1.82) is 0 Å². The second kappa shape index (κ2) is 6.81. The second-order valence-electron chi connectivity index (χ2n) is 7.27. The molecule has 1 amide bonds. The van der Waals surface area contributed by atoms with Gasteiger partial charge in [-0.3, -0.25) is 9.69 Å². The highest BCUT2D eigenvalue weighted by Crippen LogP contribution is 2.40. The quantitative estimate of drug-likeness (QED) is 0.888. The molecule has 2 atom stereocenters. The molecule has 2 fully saturated rings. The zero-order valence-corrected chi connectivity index (χ0v) is 15.0. The molecule has 6 heteroatoms. The molecular formula is C19H22ClN3O2. The maximum atomic E-state index is 12.4. The molecule has 1 N–H and O–H groups in total. The molecule has 0 radical (unpaired) electrons. The van der Waals surface area contributed by atoms with Crippen LogP contribution in [0, 0.1) is 5.92 Å². The summed E-state index contributed by atoms with van der Waals surface area (Å²) in [6.07, 6.45) is 2.27. The van der Waals surface area contributed by atoms with Gasteiger partial charge in [0.15, 0.2) is 5.69 Å². The Kier molecular flexibility index (Phi) is 4.52. The normalized spacial score (nSPS) is 23.8. The smallest absolute Gasteiger partial charge is 0.273 e. The van der Waals surface area contributed by atoms with Gasteiger partial charge >= 0.3 is 0 Å². The average Bonchev–Trinajstić information content (AvgIpc) is 3.22. The Morgan fingerprint density at radius 3 is 2.80 bits per heavy atom. The SMILES string of the molecule is C[C@@H]1CN(Cc2ccc(Cl)cc2)C[C@@H]1NC(=O)c1cc(C2CC2)on1. The number of rotatable bonds is 5. The molecule has 132 valence electrons. The molecule has 1 saturated carbocycles. The Morgan fingerprint density at radius 1 is 1.32 bits per heavy atom. The van der Waals surface area contributed by atoms with Crippen molar-refractivity contribution in [3.63, 3.8) is 0 Å². The predicted molar refractivity (Wildman–Crippen MR) is 95.6 cm³/mol. The van der Waals surface area contributed by atoms with Gasteiger partial charge in [-0.25, -0.2) is 0 Å². The first kappa shape index (κ1) is 16.6. The van der Waals surface area contributed by atoms with Gasteiger partial charge in [0, 0.05) is 42.7 Å². The Morgan fingerprint density at radius 2 is 2.08 bits per heavy atom. The molecule has 5 nitrogen and oxygen atoms in total. The van der Waals surface area contributed by atoms with Crippen LogP contribution >= 0.6 is 11.6 Å². The minimum Gasteiger partial charge on any atom is -0.360 e. The van der Waals surface area contributed by atoms with Crippen LogP contribution in [0.2, 0.25) is 5.02 Å². The van der Waals surface area contributed by atoms with Crippen LogP contribution in [0.25, 0.3) is 0 Å². The Bertz CT molecular complexity index is 754. The Balaban J connectivity index is 1.34. The maximum Gasteiger partial charge on any atom is 0.273 e. The summed E-state index contributed by atoms with van der Waals surface area (Å²) in [4.78, 5) is 14.8. The molecule has 2 aliphatic rings. The van der Waals surface area contributed by atoms with E-state index in [1.54, 1.807) is 6.07 Å². The van der Waals surface area contributed by atoms with Crippen LogP contribution < -0.4 is 5.32 Å². The summed E-state index contributed by atoms with van der Waals surface area (Å²) in [5.74, 6) is 1.57. The second-order valence-corrected chi connectivity index (χ2v) is 7.70.